The van der Waals surface area contributed by atoms with Gasteiger partial charge in [0.15, 0.2) is 0 Å². The fourth-order valence-electron chi connectivity index (χ4n) is 3.51. The van der Waals surface area contributed by atoms with Gasteiger partial charge in [0.25, 0.3) is 0 Å². The van der Waals surface area contributed by atoms with Gasteiger partial charge in [0.1, 0.15) is 0 Å². The highest BCUT2D eigenvalue weighted by atomic mass is 35.5. The average Bonchev–Trinajstić information content (AvgIpc) is 2.47. The van der Waals surface area contributed by atoms with Crippen molar-refractivity contribution in [3.63, 3.8) is 0 Å². The maximum absolute atomic E-state index is 12.9. The summed E-state index contributed by atoms with van der Waals surface area (Å²) in [5, 5.41) is 3.39. The van der Waals surface area contributed by atoms with Crippen molar-refractivity contribution in [1.29, 1.82) is 0 Å². The minimum absolute atomic E-state index is 0. The van der Waals surface area contributed by atoms with Gasteiger partial charge in [-0.3, -0.25) is 4.79 Å². The number of hydrogen-bond donors (Lipinski definition) is 1. The van der Waals surface area contributed by atoms with Crippen LogP contribution in [0.2, 0.25) is 0 Å². The monoisotopic (exact) mass is 308 g/mol. The van der Waals surface area contributed by atoms with Gasteiger partial charge in [-0.05, 0) is 49.9 Å². The molecular weight excluding hydrogens is 284 g/mol. The molecule has 0 aromatic heterocycles. The van der Waals surface area contributed by atoms with Gasteiger partial charge in [0.05, 0.1) is 5.92 Å². The molecule has 1 N–H and O–H groups in total. The summed E-state index contributed by atoms with van der Waals surface area (Å²) in [5.74, 6) is 0.477. The molecule has 0 radical (unpaired) electrons. The van der Waals surface area contributed by atoms with Crippen molar-refractivity contribution in [3.05, 3.63) is 35.4 Å². The van der Waals surface area contributed by atoms with Gasteiger partial charge in [-0.15, -0.1) is 12.4 Å². The first-order valence-electron chi connectivity index (χ1n) is 7.90. The van der Waals surface area contributed by atoms with E-state index in [9.17, 15) is 4.79 Å². The van der Waals surface area contributed by atoms with Gasteiger partial charge < -0.3 is 10.2 Å². The van der Waals surface area contributed by atoms with E-state index < -0.39 is 0 Å². The third-order valence-electron chi connectivity index (χ3n) is 4.65. The third-order valence-corrected chi connectivity index (χ3v) is 4.65. The van der Waals surface area contributed by atoms with Crippen LogP contribution in [0, 0.1) is 0 Å². The van der Waals surface area contributed by atoms with Crippen LogP contribution in [0.1, 0.15) is 43.2 Å². The molecule has 1 fully saturated rings. The predicted octanol–water partition coefficient (Wildman–Crippen LogP) is 2.74. The Hall–Kier alpha value is -1.06. The second kappa shape index (κ2) is 7.28. The van der Waals surface area contributed by atoms with Crippen LogP contribution in [0.3, 0.4) is 0 Å². The summed E-state index contributed by atoms with van der Waals surface area (Å²) in [4.78, 5) is 15.1. The fraction of sp³-hybridized carbons (Fsp3) is 0.588. The van der Waals surface area contributed by atoms with Gasteiger partial charge in [0.2, 0.25) is 5.91 Å². The van der Waals surface area contributed by atoms with Gasteiger partial charge in [-0.2, -0.15) is 0 Å². The lowest BCUT2D eigenvalue weighted by atomic mass is 9.76. The molecule has 1 aromatic rings. The van der Waals surface area contributed by atoms with Crippen molar-refractivity contribution >= 4 is 18.3 Å². The second-order valence-electron chi connectivity index (χ2n) is 5.97. The van der Waals surface area contributed by atoms with Crippen LogP contribution < -0.4 is 5.32 Å². The number of benzene rings is 1. The highest BCUT2D eigenvalue weighted by molar-refractivity contribution is 5.87. The third kappa shape index (κ3) is 3.24. The Morgan fingerprint density at radius 1 is 1.29 bits per heavy atom. The first-order chi connectivity index (χ1) is 9.81. The largest absolute Gasteiger partial charge is 0.339 e. The maximum atomic E-state index is 12.9. The van der Waals surface area contributed by atoms with Crippen molar-refractivity contribution in [2.45, 2.75) is 44.6 Å². The normalized spacial score (nSPS) is 20.9. The van der Waals surface area contributed by atoms with Gasteiger partial charge in [0, 0.05) is 12.6 Å². The molecule has 0 saturated carbocycles. The number of piperidine rings is 1. The van der Waals surface area contributed by atoms with Gasteiger partial charge in [-0.1, -0.05) is 31.2 Å². The summed E-state index contributed by atoms with van der Waals surface area (Å²) in [6, 6.07) is 8.82. The molecule has 1 unspecified atom stereocenters. The zero-order chi connectivity index (χ0) is 13.9. The summed E-state index contributed by atoms with van der Waals surface area (Å²) in [6.07, 6.45) is 4.17. The van der Waals surface area contributed by atoms with Gasteiger partial charge in [-0.25, -0.2) is 0 Å². The molecule has 0 spiro atoms. The maximum Gasteiger partial charge on any atom is 0.230 e. The summed E-state index contributed by atoms with van der Waals surface area (Å²) in [6.45, 7) is 5.15. The van der Waals surface area contributed by atoms with E-state index in [1.807, 2.05) is 6.07 Å². The number of nitrogens with one attached hydrogen (secondary N) is 1. The molecule has 1 aliphatic carbocycles. The minimum atomic E-state index is 0. The fourth-order valence-corrected chi connectivity index (χ4v) is 3.51. The number of nitrogens with zero attached hydrogens (tertiary/aromatic N) is 1. The van der Waals surface area contributed by atoms with Crippen LogP contribution in [0.5, 0.6) is 0 Å². The van der Waals surface area contributed by atoms with Crippen molar-refractivity contribution in [3.8, 4) is 0 Å². The molecule has 4 heteroatoms. The van der Waals surface area contributed by atoms with E-state index in [0.29, 0.717) is 11.9 Å². The smallest absolute Gasteiger partial charge is 0.230 e. The molecule has 116 valence electrons. The van der Waals surface area contributed by atoms with Crippen LogP contribution >= 0.6 is 12.4 Å². The Balaban J connectivity index is 0.00000161. The Morgan fingerprint density at radius 2 is 2.00 bits per heavy atom. The predicted molar refractivity (Wildman–Crippen MR) is 88.0 cm³/mol. The molecule has 0 bridgehead atoms. The lowest BCUT2D eigenvalue weighted by Gasteiger charge is -2.39. The van der Waals surface area contributed by atoms with E-state index in [0.717, 1.165) is 45.3 Å². The molecule has 1 aromatic carbocycles. The summed E-state index contributed by atoms with van der Waals surface area (Å²) >= 11 is 0. The number of carbonyl (C=O) groups is 1. The summed E-state index contributed by atoms with van der Waals surface area (Å²) < 4.78 is 0. The zero-order valence-electron chi connectivity index (χ0n) is 12.7. The van der Waals surface area contributed by atoms with Crippen LogP contribution in [0.25, 0.3) is 0 Å². The van der Waals surface area contributed by atoms with E-state index in [1.165, 1.54) is 11.1 Å². The lowest BCUT2D eigenvalue weighted by Crippen LogP contribution is -2.49. The quantitative estimate of drug-likeness (QED) is 0.927. The summed E-state index contributed by atoms with van der Waals surface area (Å²) in [7, 11) is 0. The number of amides is 1. The lowest BCUT2D eigenvalue weighted by molar-refractivity contribution is -0.136. The molecule has 3 nitrogen and oxygen atoms in total. The molecule has 21 heavy (non-hydrogen) atoms. The molecule has 1 amide bonds. The molecule has 1 aliphatic heterocycles. The molecular formula is C17H25ClN2O. The van der Waals surface area contributed by atoms with Crippen molar-refractivity contribution in [1.82, 2.24) is 10.2 Å². The Labute approximate surface area is 133 Å². The molecule has 2 aliphatic rings. The van der Waals surface area contributed by atoms with Gasteiger partial charge >= 0.3 is 0 Å². The van der Waals surface area contributed by atoms with E-state index in [-0.39, 0.29) is 18.3 Å². The number of fused-ring (bicyclic) bond motifs is 1. The Bertz CT molecular complexity index is 485. The highest BCUT2D eigenvalue weighted by Gasteiger charge is 2.36. The molecule has 3 rings (SSSR count). The van der Waals surface area contributed by atoms with Crippen LogP contribution in [0.15, 0.2) is 24.3 Å². The van der Waals surface area contributed by atoms with E-state index in [2.05, 4.69) is 35.3 Å². The van der Waals surface area contributed by atoms with E-state index in [4.69, 9.17) is 0 Å². The zero-order valence-corrected chi connectivity index (χ0v) is 13.5. The Morgan fingerprint density at radius 3 is 2.67 bits per heavy atom. The first kappa shape index (κ1) is 16.3. The van der Waals surface area contributed by atoms with Crippen molar-refractivity contribution in [2.75, 3.05) is 19.6 Å². The first-order valence-corrected chi connectivity index (χ1v) is 7.90. The van der Waals surface area contributed by atoms with E-state index >= 15 is 0 Å². The van der Waals surface area contributed by atoms with Crippen LogP contribution in [0.4, 0.5) is 0 Å². The number of rotatable bonds is 4. The highest BCUT2D eigenvalue weighted by Crippen LogP contribution is 2.37. The molecule has 1 heterocycles. The average molecular weight is 309 g/mol. The standard InChI is InChI=1S/C17H24N2O.ClH/c1-2-11-19(14-7-9-18-10-8-14)17(20)16-12-13-5-3-4-6-15(13)16;/h3-6,14,16,18H,2,7-12H2,1H3;1H. The second-order valence-corrected chi connectivity index (χ2v) is 5.97. The SMILES string of the molecule is CCCN(C(=O)C1Cc2ccccc21)C1CCNCC1.Cl. The van der Waals surface area contributed by atoms with Crippen molar-refractivity contribution < 1.29 is 4.79 Å². The molecule has 1 atom stereocenters. The van der Waals surface area contributed by atoms with Crippen LogP contribution in [-0.2, 0) is 11.2 Å². The molecule has 1 saturated heterocycles. The summed E-state index contributed by atoms with van der Waals surface area (Å²) in [5.41, 5.74) is 2.61. The number of halogens is 1. The number of carbonyl (C=O) groups excluding carboxylic acids is 1. The number of hydrogen-bond acceptors (Lipinski definition) is 2. The Kier molecular flexibility index (Phi) is 5.65. The topological polar surface area (TPSA) is 32.3 Å². The minimum Gasteiger partial charge on any atom is -0.339 e. The van der Waals surface area contributed by atoms with Crippen molar-refractivity contribution in [2.24, 2.45) is 0 Å². The van der Waals surface area contributed by atoms with E-state index in [1.54, 1.807) is 0 Å². The van der Waals surface area contributed by atoms with Crippen LogP contribution in [-0.4, -0.2) is 36.5 Å².